The summed E-state index contributed by atoms with van der Waals surface area (Å²) in [6, 6.07) is 10.0. The number of pyridine rings is 1. The quantitative estimate of drug-likeness (QED) is 0.728. The predicted octanol–water partition coefficient (Wildman–Crippen LogP) is 1.67. The van der Waals surface area contributed by atoms with Crippen molar-refractivity contribution in [1.82, 2.24) is 25.6 Å². The van der Waals surface area contributed by atoms with Gasteiger partial charge in [-0.3, -0.25) is 4.98 Å². The van der Waals surface area contributed by atoms with Crippen molar-refractivity contribution in [2.24, 2.45) is 0 Å². The lowest BCUT2D eigenvalue weighted by Gasteiger charge is -2.08. The first-order chi connectivity index (χ1) is 8.83. The summed E-state index contributed by atoms with van der Waals surface area (Å²) >= 11 is 0. The van der Waals surface area contributed by atoms with Crippen molar-refractivity contribution in [2.45, 2.75) is 13.5 Å². The van der Waals surface area contributed by atoms with E-state index in [9.17, 15) is 0 Å². The van der Waals surface area contributed by atoms with Gasteiger partial charge in [0.2, 0.25) is 0 Å². The fourth-order valence-corrected chi connectivity index (χ4v) is 1.89. The molecule has 0 aliphatic heterocycles. The molecule has 3 rings (SSSR count). The number of aromatic amines is 1. The van der Waals surface area contributed by atoms with Crippen molar-refractivity contribution in [3.05, 3.63) is 41.9 Å². The van der Waals surface area contributed by atoms with Gasteiger partial charge >= 0.3 is 0 Å². The normalized spacial score (nSPS) is 10.7. The van der Waals surface area contributed by atoms with Crippen LogP contribution < -0.4 is 5.32 Å². The molecule has 0 aliphatic carbocycles. The zero-order valence-corrected chi connectivity index (χ0v) is 9.88. The van der Waals surface area contributed by atoms with Crippen molar-refractivity contribution in [1.29, 1.82) is 0 Å². The van der Waals surface area contributed by atoms with Crippen molar-refractivity contribution in [2.75, 3.05) is 5.32 Å². The standard InChI is InChI=1S/C12H12N6/c1-8-6-11(13-7-12-15-17-18-16-12)9-4-2-3-5-10(9)14-8/h2-6H,7H2,1H3,(H,13,14)(H,15,16,17,18). The van der Waals surface area contributed by atoms with E-state index in [0.717, 1.165) is 22.3 Å². The van der Waals surface area contributed by atoms with E-state index >= 15 is 0 Å². The summed E-state index contributed by atoms with van der Waals surface area (Å²) in [5, 5.41) is 18.2. The second-order valence-electron chi connectivity index (χ2n) is 4.01. The lowest BCUT2D eigenvalue weighted by atomic mass is 10.1. The van der Waals surface area contributed by atoms with Gasteiger partial charge in [0, 0.05) is 16.8 Å². The summed E-state index contributed by atoms with van der Waals surface area (Å²) in [5.41, 5.74) is 2.99. The summed E-state index contributed by atoms with van der Waals surface area (Å²) in [6.07, 6.45) is 0. The average Bonchev–Trinajstić information content (AvgIpc) is 2.89. The highest BCUT2D eigenvalue weighted by molar-refractivity contribution is 5.91. The number of aryl methyl sites for hydroxylation is 1. The van der Waals surface area contributed by atoms with Crippen LogP contribution in [0.3, 0.4) is 0 Å². The SMILES string of the molecule is Cc1cc(NCc2nn[nH]n2)c2ccccc2n1. The second kappa shape index (κ2) is 4.40. The number of rotatable bonds is 3. The highest BCUT2D eigenvalue weighted by Crippen LogP contribution is 2.22. The van der Waals surface area contributed by atoms with Gasteiger partial charge in [-0.05, 0) is 19.1 Å². The van der Waals surface area contributed by atoms with E-state index in [0.29, 0.717) is 12.4 Å². The van der Waals surface area contributed by atoms with E-state index in [1.165, 1.54) is 0 Å². The van der Waals surface area contributed by atoms with Gasteiger partial charge in [0.1, 0.15) is 0 Å². The molecule has 0 bridgehead atoms. The number of nitrogens with zero attached hydrogens (tertiary/aromatic N) is 4. The van der Waals surface area contributed by atoms with Crippen LogP contribution in [0.5, 0.6) is 0 Å². The minimum atomic E-state index is 0.532. The lowest BCUT2D eigenvalue weighted by molar-refractivity contribution is 0.881. The average molecular weight is 240 g/mol. The Balaban J connectivity index is 1.95. The zero-order valence-electron chi connectivity index (χ0n) is 9.88. The van der Waals surface area contributed by atoms with Crippen LogP contribution in [0, 0.1) is 6.92 Å². The number of hydrogen-bond donors (Lipinski definition) is 2. The van der Waals surface area contributed by atoms with Crippen LogP contribution in [0.25, 0.3) is 10.9 Å². The molecule has 6 heteroatoms. The van der Waals surface area contributed by atoms with Crippen LogP contribution in [0.2, 0.25) is 0 Å². The van der Waals surface area contributed by atoms with Gasteiger partial charge in [0.25, 0.3) is 0 Å². The topological polar surface area (TPSA) is 79.4 Å². The molecule has 3 aromatic rings. The van der Waals surface area contributed by atoms with Crippen LogP contribution >= 0.6 is 0 Å². The molecule has 0 radical (unpaired) electrons. The third-order valence-electron chi connectivity index (χ3n) is 2.67. The number of hydrogen-bond acceptors (Lipinski definition) is 5. The van der Waals surface area contributed by atoms with Gasteiger partial charge in [0.05, 0.1) is 12.1 Å². The van der Waals surface area contributed by atoms with Crippen LogP contribution in [-0.4, -0.2) is 25.6 Å². The maximum Gasteiger partial charge on any atom is 0.193 e. The first-order valence-electron chi connectivity index (χ1n) is 5.65. The summed E-state index contributed by atoms with van der Waals surface area (Å²) in [6.45, 7) is 2.51. The van der Waals surface area contributed by atoms with E-state index in [2.05, 4.69) is 30.9 Å². The van der Waals surface area contributed by atoms with Gasteiger partial charge in [0.15, 0.2) is 5.82 Å². The Bertz CT molecular complexity index is 661. The molecule has 0 amide bonds. The molecule has 0 unspecified atom stereocenters. The van der Waals surface area contributed by atoms with Crippen molar-refractivity contribution < 1.29 is 0 Å². The van der Waals surface area contributed by atoms with Gasteiger partial charge < -0.3 is 5.32 Å². The smallest absolute Gasteiger partial charge is 0.193 e. The molecular formula is C12H12N6. The zero-order chi connectivity index (χ0) is 12.4. The predicted molar refractivity (Wildman–Crippen MR) is 68.0 cm³/mol. The molecule has 1 aromatic carbocycles. The Morgan fingerprint density at radius 3 is 3.00 bits per heavy atom. The van der Waals surface area contributed by atoms with E-state index < -0.39 is 0 Å². The van der Waals surface area contributed by atoms with Crippen molar-refractivity contribution in [3.63, 3.8) is 0 Å². The fraction of sp³-hybridized carbons (Fsp3) is 0.167. The number of benzene rings is 1. The van der Waals surface area contributed by atoms with E-state index in [1.54, 1.807) is 0 Å². The monoisotopic (exact) mass is 240 g/mol. The number of fused-ring (bicyclic) bond motifs is 1. The maximum absolute atomic E-state index is 4.49. The molecule has 0 saturated carbocycles. The van der Waals surface area contributed by atoms with Gasteiger partial charge in [-0.15, -0.1) is 10.2 Å². The molecule has 2 aromatic heterocycles. The van der Waals surface area contributed by atoms with E-state index in [4.69, 9.17) is 0 Å². The highest BCUT2D eigenvalue weighted by Gasteiger charge is 2.04. The van der Waals surface area contributed by atoms with Gasteiger partial charge in [-0.2, -0.15) is 5.21 Å². The summed E-state index contributed by atoms with van der Waals surface area (Å²) in [7, 11) is 0. The Labute approximate surface area is 103 Å². The summed E-state index contributed by atoms with van der Waals surface area (Å²) in [5.74, 6) is 0.633. The third-order valence-corrected chi connectivity index (χ3v) is 2.67. The van der Waals surface area contributed by atoms with Gasteiger partial charge in [-0.25, -0.2) is 0 Å². The molecule has 6 nitrogen and oxygen atoms in total. The Kier molecular flexibility index (Phi) is 2.60. The molecular weight excluding hydrogens is 228 g/mol. The number of para-hydroxylation sites is 1. The summed E-state index contributed by atoms with van der Waals surface area (Å²) < 4.78 is 0. The van der Waals surface area contributed by atoms with Gasteiger partial charge in [-0.1, -0.05) is 23.4 Å². The summed E-state index contributed by atoms with van der Waals surface area (Å²) in [4.78, 5) is 4.49. The Morgan fingerprint density at radius 1 is 1.28 bits per heavy atom. The van der Waals surface area contributed by atoms with E-state index in [-0.39, 0.29) is 0 Å². The van der Waals surface area contributed by atoms with Crippen LogP contribution in [0.15, 0.2) is 30.3 Å². The molecule has 2 heterocycles. The lowest BCUT2D eigenvalue weighted by Crippen LogP contribution is -2.03. The number of anilines is 1. The number of tetrazole rings is 1. The Hall–Kier alpha value is -2.50. The molecule has 0 atom stereocenters. The molecule has 0 saturated heterocycles. The minimum absolute atomic E-state index is 0.532. The van der Waals surface area contributed by atoms with Crippen molar-refractivity contribution in [3.8, 4) is 0 Å². The maximum atomic E-state index is 4.49. The van der Waals surface area contributed by atoms with Crippen LogP contribution in [0.1, 0.15) is 11.5 Å². The highest BCUT2D eigenvalue weighted by atomic mass is 15.5. The number of H-pyrrole nitrogens is 1. The molecule has 0 aliphatic rings. The van der Waals surface area contributed by atoms with E-state index in [1.807, 2.05) is 37.3 Å². The first kappa shape index (κ1) is 10.6. The van der Waals surface area contributed by atoms with Crippen LogP contribution in [0.4, 0.5) is 5.69 Å². The second-order valence-corrected chi connectivity index (χ2v) is 4.01. The molecule has 90 valence electrons. The Morgan fingerprint density at radius 2 is 2.17 bits per heavy atom. The molecule has 18 heavy (non-hydrogen) atoms. The minimum Gasteiger partial charge on any atom is -0.377 e. The fourth-order valence-electron chi connectivity index (χ4n) is 1.89. The largest absolute Gasteiger partial charge is 0.377 e. The van der Waals surface area contributed by atoms with Crippen LogP contribution in [-0.2, 0) is 6.54 Å². The molecule has 2 N–H and O–H groups in total. The first-order valence-corrected chi connectivity index (χ1v) is 5.65. The molecule has 0 fully saturated rings. The third kappa shape index (κ3) is 2.00. The van der Waals surface area contributed by atoms with Crippen molar-refractivity contribution >= 4 is 16.6 Å². The number of nitrogens with one attached hydrogen (secondary N) is 2. The molecule has 0 spiro atoms. The number of aromatic nitrogens is 5.